The van der Waals surface area contributed by atoms with Crippen LogP contribution in [-0.4, -0.2) is 72.5 Å². The number of benzene rings is 2. The molecule has 10 heteroatoms. The van der Waals surface area contributed by atoms with E-state index in [1.165, 1.54) is 24.0 Å². The Morgan fingerprint density at radius 2 is 1.70 bits per heavy atom. The SMILES string of the molecule is C=C(C(=O)N1CCN(C(C)=O)CC1)c1ccc(SC2COCC(Cc3ccccc3)O2)c(C(F)(F)F)c1. The average Bonchev–Trinajstić information content (AvgIpc) is 2.88. The number of piperazine rings is 1. The quantitative estimate of drug-likeness (QED) is 0.512. The van der Waals surface area contributed by atoms with Crippen LogP contribution in [0.3, 0.4) is 0 Å². The van der Waals surface area contributed by atoms with Crippen LogP contribution in [0.15, 0.2) is 60.0 Å². The van der Waals surface area contributed by atoms with Gasteiger partial charge >= 0.3 is 6.18 Å². The van der Waals surface area contributed by atoms with Gasteiger partial charge in [-0.05, 0) is 23.3 Å². The van der Waals surface area contributed by atoms with E-state index in [4.69, 9.17) is 9.47 Å². The summed E-state index contributed by atoms with van der Waals surface area (Å²) in [5.41, 5.74) is -0.291. The molecule has 2 fully saturated rings. The summed E-state index contributed by atoms with van der Waals surface area (Å²) in [6.45, 7) is 7.17. The molecule has 198 valence electrons. The van der Waals surface area contributed by atoms with Crippen LogP contribution in [0.2, 0.25) is 0 Å². The summed E-state index contributed by atoms with van der Waals surface area (Å²) in [5, 5.41) is 0. The summed E-state index contributed by atoms with van der Waals surface area (Å²) in [6, 6.07) is 13.5. The number of halogens is 3. The van der Waals surface area contributed by atoms with E-state index in [1.54, 1.807) is 4.90 Å². The van der Waals surface area contributed by atoms with Crippen LogP contribution < -0.4 is 0 Å². The second-order valence-electron chi connectivity index (χ2n) is 9.02. The summed E-state index contributed by atoms with van der Waals surface area (Å²) >= 11 is 0.962. The molecule has 6 nitrogen and oxygen atoms in total. The van der Waals surface area contributed by atoms with Crippen molar-refractivity contribution in [2.45, 2.75) is 36.0 Å². The van der Waals surface area contributed by atoms with Crippen molar-refractivity contribution in [3.05, 3.63) is 71.8 Å². The van der Waals surface area contributed by atoms with Gasteiger partial charge in [-0.25, -0.2) is 0 Å². The molecule has 2 aromatic rings. The van der Waals surface area contributed by atoms with Gasteiger partial charge in [-0.2, -0.15) is 13.2 Å². The Kier molecular flexibility index (Phi) is 8.61. The first-order valence-corrected chi connectivity index (χ1v) is 12.9. The predicted molar refractivity (Wildman–Crippen MR) is 135 cm³/mol. The van der Waals surface area contributed by atoms with Crippen molar-refractivity contribution < 1.29 is 32.2 Å². The zero-order valence-electron chi connectivity index (χ0n) is 20.5. The normalized spacial score (nSPS) is 20.5. The zero-order valence-corrected chi connectivity index (χ0v) is 21.3. The van der Waals surface area contributed by atoms with Gasteiger partial charge in [0, 0.05) is 50.0 Å². The average molecular weight is 535 g/mol. The van der Waals surface area contributed by atoms with Crippen molar-refractivity contribution in [3.8, 4) is 0 Å². The van der Waals surface area contributed by atoms with E-state index in [0.29, 0.717) is 39.2 Å². The first-order valence-electron chi connectivity index (χ1n) is 12.0. The summed E-state index contributed by atoms with van der Waals surface area (Å²) in [5.74, 6) is -0.517. The third-order valence-electron chi connectivity index (χ3n) is 6.37. The summed E-state index contributed by atoms with van der Waals surface area (Å²) in [6.07, 6.45) is -4.29. The fraction of sp³-hybridized carbons (Fsp3) is 0.407. The minimum absolute atomic E-state index is 0.000493. The lowest BCUT2D eigenvalue weighted by atomic mass is 10.0. The van der Waals surface area contributed by atoms with Crippen molar-refractivity contribution in [3.63, 3.8) is 0 Å². The zero-order chi connectivity index (χ0) is 26.6. The Labute approximate surface area is 218 Å². The lowest BCUT2D eigenvalue weighted by Gasteiger charge is -2.34. The van der Waals surface area contributed by atoms with Crippen molar-refractivity contribution in [1.82, 2.24) is 9.80 Å². The van der Waals surface area contributed by atoms with E-state index >= 15 is 0 Å². The Bertz CT molecular complexity index is 1130. The van der Waals surface area contributed by atoms with E-state index in [2.05, 4.69) is 6.58 Å². The molecule has 2 aliphatic heterocycles. The maximum Gasteiger partial charge on any atom is 0.417 e. The van der Waals surface area contributed by atoms with E-state index < -0.39 is 23.1 Å². The molecule has 2 amide bonds. The topological polar surface area (TPSA) is 59.1 Å². The molecule has 2 aromatic carbocycles. The van der Waals surface area contributed by atoms with Crippen LogP contribution >= 0.6 is 11.8 Å². The molecule has 2 aliphatic rings. The predicted octanol–water partition coefficient (Wildman–Crippen LogP) is 4.49. The van der Waals surface area contributed by atoms with Gasteiger partial charge in [0.1, 0.15) is 5.44 Å². The standard InChI is InChI=1S/C27H29F3N2O4S/c1-18(26(34)32-12-10-31(11-13-32)19(2)33)21-8-9-24(23(15-21)27(28,29)30)37-25-17-35-16-22(36-25)14-20-6-4-3-5-7-20/h3-9,15,22,25H,1,10-14,16-17H2,2H3. The first kappa shape index (κ1) is 27.2. The minimum Gasteiger partial charge on any atom is -0.375 e. The second kappa shape index (κ2) is 11.7. The van der Waals surface area contributed by atoms with Gasteiger partial charge in [-0.3, -0.25) is 9.59 Å². The Hall–Kier alpha value is -2.82. The van der Waals surface area contributed by atoms with Crippen LogP contribution in [0.1, 0.15) is 23.6 Å². The van der Waals surface area contributed by atoms with E-state index in [-0.39, 0.29) is 34.7 Å². The molecule has 2 heterocycles. The van der Waals surface area contributed by atoms with E-state index in [0.717, 1.165) is 23.4 Å². The number of amides is 2. The maximum atomic E-state index is 14.0. The molecule has 37 heavy (non-hydrogen) atoms. The molecule has 2 unspecified atom stereocenters. The van der Waals surface area contributed by atoms with Gasteiger partial charge in [0.25, 0.3) is 5.91 Å². The number of hydrogen-bond donors (Lipinski definition) is 0. The number of rotatable bonds is 6. The number of carbonyl (C=O) groups excluding carboxylic acids is 2. The van der Waals surface area contributed by atoms with E-state index in [1.807, 2.05) is 30.3 Å². The summed E-state index contributed by atoms with van der Waals surface area (Å²) in [4.78, 5) is 27.6. The minimum atomic E-state index is -4.63. The van der Waals surface area contributed by atoms with E-state index in [9.17, 15) is 22.8 Å². The fourth-order valence-electron chi connectivity index (χ4n) is 4.36. The fourth-order valence-corrected chi connectivity index (χ4v) is 5.47. The van der Waals surface area contributed by atoms with Gasteiger partial charge in [0.2, 0.25) is 5.91 Å². The smallest absolute Gasteiger partial charge is 0.375 e. The number of thioether (sulfide) groups is 1. The molecule has 4 rings (SSSR count). The molecule has 0 bridgehead atoms. The molecular formula is C27H29F3N2O4S. The highest BCUT2D eigenvalue weighted by Crippen LogP contribution is 2.40. The molecule has 2 saturated heterocycles. The van der Waals surface area contributed by atoms with Crippen LogP contribution in [0, 0.1) is 0 Å². The number of ether oxygens (including phenoxy) is 2. The molecule has 0 aliphatic carbocycles. The molecule has 0 N–H and O–H groups in total. The molecule has 0 aromatic heterocycles. The monoisotopic (exact) mass is 534 g/mol. The van der Waals surface area contributed by atoms with Crippen LogP contribution in [0.5, 0.6) is 0 Å². The molecule has 0 saturated carbocycles. The largest absolute Gasteiger partial charge is 0.417 e. The van der Waals surface area contributed by atoms with Crippen molar-refractivity contribution in [2.75, 3.05) is 39.4 Å². The van der Waals surface area contributed by atoms with Gasteiger partial charge in [-0.1, -0.05) is 54.7 Å². The van der Waals surface area contributed by atoms with Gasteiger partial charge in [0.05, 0.1) is 24.9 Å². The van der Waals surface area contributed by atoms with Crippen molar-refractivity contribution in [1.29, 1.82) is 0 Å². The highest BCUT2D eigenvalue weighted by Gasteiger charge is 2.36. The van der Waals surface area contributed by atoms with Gasteiger partial charge in [0.15, 0.2) is 0 Å². The third-order valence-corrected chi connectivity index (χ3v) is 7.49. The lowest BCUT2D eigenvalue weighted by Crippen LogP contribution is -2.50. The third kappa shape index (κ3) is 6.94. The number of nitrogens with zero attached hydrogens (tertiary/aromatic N) is 2. The molecule has 0 radical (unpaired) electrons. The highest BCUT2D eigenvalue weighted by molar-refractivity contribution is 7.99. The van der Waals surface area contributed by atoms with Gasteiger partial charge < -0.3 is 19.3 Å². The molecule has 2 atom stereocenters. The van der Waals surface area contributed by atoms with Crippen LogP contribution in [0.25, 0.3) is 5.57 Å². The Morgan fingerprint density at radius 3 is 2.35 bits per heavy atom. The Balaban J connectivity index is 1.45. The number of carbonyl (C=O) groups is 2. The molecular weight excluding hydrogens is 505 g/mol. The first-order chi connectivity index (χ1) is 17.6. The highest BCUT2D eigenvalue weighted by atomic mass is 32.2. The number of alkyl halides is 3. The Morgan fingerprint density at radius 1 is 1.03 bits per heavy atom. The second-order valence-corrected chi connectivity index (χ2v) is 10.2. The maximum absolute atomic E-state index is 14.0. The van der Waals surface area contributed by atoms with Crippen molar-refractivity contribution >= 4 is 29.1 Å². The summed E-state index contributed by atoms with van der Waals surface area (Å²) in [7, 11) is 0. The lowest BCUT2D eigenvalue weighted by molar-refractivity contribution is -0.140. The summed E-state index contributed by atoms with van der Waals surface area (Å²) < 4.78 is 53.8. The van der Waals surface area contributed by atoms with Crippen LogP contribution in [0.4, 0.5) is 13.2 Å². The molecule has 0 spiro atoms. The number of hydrogen-bond acceptors (Lipinski definition) is 5. The van der Waals surface area contributed by atoms with Crippen molar-refractivity contribution in [2.24, 2.45) is 0 Å². The van der Waals surface area contributed by atoms with Gasteiger partial charge in [-0.15, -0.1) is 0 Å². The van der Waals surface area contributed by atoms with Crippen LogP contribution in [-0.2, 0) is 31.7 Å².